The van der Waals surface area contributed by atoms with E-state index >= 15 is 0 Å². The number of terminal acetylenes is 1. The second-order valence-electron chi connectivity index (χ2n) is 4.99. The molecule has 110 valence electrons. The van der Waals surface area contributed by atoms with Gasteiger partial charge in [-0.1, -0.05) is 18.2 Å². The van der Waals surface area contributed by atoms with Crippen LogP contribution in [0.15, 0.2) is 51.7 Å². The van der Waals surface area contributed by atoms with Crippen molar-refractivity contribution in [1.82, 2.24) is 4.57 Å². The van der Waals surface area contributed by atoms with Crippen LogP contribution in [0.3, 0.4) is 0 Å². The molecular formula is C18H15NO3. The van der Waals surface area contributed by atoms with E-state index < -0.39 is 0 Å². The van der Waals surface area contributed by atoms with Gasteiger partial charge < -0.3 is 9.15 Å². The van der Waals surface area contributed by atoms with Gasteiger partial charge in [0.25, 0.3) is 0 Å². The molecule has 0 aliphatic heterocycles. The summed E-state index contributed by atoms with van der Waals surface area (Å²) in [5.74, 6) is 3.02. The maximum absolute atomic E-state index is 12.1. The van der Waals surface area contributed by atoms with Gasteiger partial charge in [-0.3, -0.25) is 4.57 Å². The standard InChI is InChI=1S/C18H15NO3/c1-3-4-13-7-10-17-16(11-13)19(18(20)22-17)12-14-5-8-15(21-2)9-6-14/h1,5-11H,4,12H2,2H3. The van der Waals surface area contributed by atoms with Gasteiger partial charge in [-0.2, -0.15) is 0 Å². The molecule has 4 nitrogen and oxygen atoms in total. The van der Waals surface area contributed by atoms with Crippen molar-refractivity contribution in [3.05, 3.63) is 64.1 Å². The zero-order valence-electron chi connectivity index (χ0n) is 12.2. The number of ether oxygens (including phenoxy) is 1. The molecule has 22 heavy (non-hydrogen) atoms. The summed E-state index contributed by atoms with van der Waals surface area (Å²) < 4.78 is 12.0. The number of hydrogen-bond acceptors (Lipinski definition) is 3. The van der Waals surface area contributed by atoms with E-state index in [1.165, 1.54) is 0 Å². The molecule has 0 aliphatic rings. The quantitative estimate of drug-likeness (QED) is 0.695. The summed E-state index contributed by atoms with van der Waals surface area (Å²) >= 11 is 0. The number of fused-ring (bicyclic) bond motifs is 1. The Kier molecular flexibility index (Phi) is 3.71. The van der Waals surface area contributed by atoms with Gasteiger partial charge in [0.05, 0.1) is 19.2 Å². The first kappa shape index (κ1) is 14.0. The fourth-order valence-electron chi connectivity index (χ4n) is 2.40. The van der Waals surface area contributed by atoms with Crippen molar-refractivity contribution in [2.24, 2.45) is 0 Å². The van der Waals surface area contributed by atoms with Crippen LogP contribution in [0.2, 0.25) is 0 Å². The molecule has 4 heteroatoms. The van der Waals surface area contributed by atoms with Crippen molar-refractivity contribution >= 4 is 11.1 Å². The van der Waals surface area contributed by atoms with E-state index in [0.717, 1.165) is 22.4 Å². The molecule has 0 radical (unpaired) electrons. The zero-order chi connectivity index (χ0) is 15.5. The lowest BCUT2D eigenvalue weighted by Crippen LogP contribution is -2.14. The highest BCUT2D eigenvalue weighted by Gasteiger charge is 2.10. The highest BCUT2D eigenvalue weighted by atomic mass is 16.5. The first-order chi connectivity index (χ1) is 10.7. The Hall–Kier alpha value is -2.93. The predicted molar refractivity (Wildman–Crippen MR) is 85.1 cm³/mol. The number of aromatic nitrogens is 1. The normalized spacial score (nSPS) is 10.5. The van der Waals surface area contributed by atoms with E-state index in [9.17, 15) is 4.79 Å². The summed E-state index contributed by atoms with van der Waals surface area (Å²) in [5, 5.41) is 0. The van der Waals surface area contributed by atoms with Crippen LogP contribution in [0.5, 0.6) is 5.75 Å². The first-order valence-electron chi connectivity index (χ1n) is 6.90. The monoisotopic (exact) mass is 293 g/mol. The van der Waals surface area contributed by atoms with E-state index in [1.807, 2.05) is 36.4 Å². The van der Waals surface area contributed by atoms with Gasteiger partial charge >= 0.3 is 5.76 Å². The maximum Gasteiger partial charge on any atom is 0.420 e. The van der Waals surface area contributed by atoms with Crippen molar-refractivity contribution in [1.29, 1.82) is 0 Å². The van der Waals surface area contributed by atoms with Crippen LogP contribution in [-0.4, -0.2) is 11.7 Å². The molecular weight excluding hydrogens is 278 g/mol. The van der Waals surface area contributed by atoms with Gasteiger partial charge in [0.15, 0.2) is 5.58 Å². The van der Waals surface area contributed by atoms with Gasteiger partial charge in [0, 0.05) is 6.42 Å². The maximum atomic E-state index is 12.1. The summed E-state index contributed by atoms with van der Waals surface area (Å²) in [6.45, 7) is 0.440. The topological polar surface area (TPSA) is 44.4 Å². The fraction of sp³-hybridized carbons (Fsp3) is 0.167. The molecule has 3 rings (SSSR count). The van der Waals surface area contributed by atoms with Crippen LogP contribution < -0.4 is 10.5 Å². The lowest BCUT2D eigenvalue weighted by molar-refractivity contribution is 0.414. The third kappa shape index (κ3) is 2.61. The van der Waals surface area contributed by atoms with E-state index in [1.54, 1.807) is 17.7 Å². The SMILES string of the molecule is C#CCc1ccc2oc(=O)n(Cc3ccc(OC)cc3)c2c1. The minimum absolute atomic E-state index is 0.372. The Labute approximate surface area is 127 Å². The second-order valence-corrected chi connectivity index (χ2v) is 4.99. The van der Waals surface area contributed by atoms with E-state index in [2.05, 4.69) is 5.92 Å². The Morgan fingerprint density at radius 3 is 2.59 bits per heavy atom. The lowest BCUT2D eigenvalue weighted by atomic mass is 10.1. The average Bonchev–Trinajstić information content (AvgIpc) is 2.84. The molecule has 0 bridgehead atoms. The van der Waals surface area contributed by atoms with Gasteiger partial charge in [-0.05, 0) is 35.4 Å². The molecule has 0 saturated heterocycles. The van der Waals surface area contributed by atoms with Crippen molar-refractivity contribution < 1.29 is 9.15 Å². The minimum atomic E-state index is -0.372. The van der Waals surface area contributed by atoms with Gasteiger partial charge in [0.2, 0.25) is 0 Å². The van der Waals surface area contributed by atoms with Crippen LogP contribution in [0.25, 0.3) is 11.1 Å². The highest BCUT2D eigenvalue weighted by molar-refractivity contribution is 5.74. The molecule has 0 fully saturated rings. The van der Waals surface area contributed by atoms with E-state index in [4.69, 9.17) is 15.6 Å². The summed E-state index contributed by atoms with van der Waals surface area (Å²) in [4.78, 5) is 12.1. The molecule has 0 atom stereocenters. The Bertz CT molecular complexity index is 895. The number of benzene rings is 2. The molecule has 0 spiro atoms. The zero-order valence-corrected chi connectivity index (χ0v) is 12.2. The number of oxazole rings is 1. The highest BCUT2D eigenvalue weighted by Crippen LogP contribution is 2.18. The molecule has 3 aromatic rings. The van der Waals surface area contributed by atoms with Crippen molar-refractivity contribution in [3.63, 3.8) is 0 Å². The molecule has 1 heterocycles. The summed E-state index contributed by atoms with van der Waals surface area (Å²) in [6, 6.07) is 13.2. The average molecular weight is 293 g/mol. The number of hydrogen-bond donors (Lipinski definition) is 0. The number of rotatable bonds is 4. The fourth-order valence-corrected chi connectivity index (χ4v) is 2.40. The predicted octanol–water partition coefficient (Wildman–Crippen LogP) is 2.83. The van der Waals surface area contributed by atoms with Crippen LogP contribution >= 0.6 is 0 Å². The van der Waals surface area contributed by atoms with Gasteiger partial charge in [-0.25, -0.2) is 4.79 Å². The summed E-state index contributed by atoms with van der Waals surface area (Å²) in [7, 11) is 1.62. The van der Waals surface area contributed by atoms with Crippen LogP contribution in [0.4, 0.5) is 0 Å². The van der Waals surface area contributed by atoms with Gasteiger partial charge in [0.1, 0.15) is 5.75 Å². The Balaban J connectivity index is 2.01. The minimum Gasteiger partial charge on any atom is -0.497 e. The third-order valence-corrected chi connectivity index (χ3v) is 3.54. The largest absolute Gasteiger partial charge is 0.497 e. The van der Waals surface area contributed by atoms with Crippen molar-refractivity contribution in [2.45, 2.75) is 13.0 Å². The van der Waals surface area contributed by atoms with E-state index in [0.29, 0.717) is 18.5 Å². The molecule has 0 N–H and O–H groups in total. The van der Waals surface area contributed by atoms with Crippen LogP contribution in [-0.2, 0) is 13.0 Å². The summed E-state index contributed by atoms with van der Waals surface area (Å²) in [6.07, 6.45) is 5.87. The Morgan fingerprint density at radius 1 is 1.18 bits per heavy atom. The molecule has 0 aliphatic carbocycles. The molecule has 0 saturated carbocycles. The van der Waals surface area contributed by atoms with Crippen LogP contribution in [0.1, 0.15) is 11.1 Å². The van der Waals surface area contributed by atoms with Crippen molar-refractivity contribution in [3.8, 4) is 18.1 Å². The number of nitrogens with zero attached hydrogens (tertiary/aromatic N) is 1. The van der Waals surface area contributed by atoms with Gasteiger partial charge in [-0.15, -0.1) is 12.3 Å². The Morgan fingerprint density at radius 2 is 1.91 bits per heavy atom. The molecule has 2 aromatic carbocycles. The molecule has 0 amide bonds. The summed E-state index contributed by atoms with van der Waals surface area (Å²) in [5.41, 5.74) is 3.31. The third-order valence-electron chi connectivity index (χ3n) is 3.54. The second kappa shape index (κ2) is 5.82. The molecule has 0 unspecified atom stereocenters. The van der Waals surface area contributed by atoms with Crippen molar-refractivity contribution in [2.75, 3.05) is 7.11 Å². The van der Waals surface area contributed by atoms with Crippen LogP contribution in [0, 0.1) is 12.3 Å². The lowest BCUT2D eigenvalue weighted by Gasteiger charge is -2.05. The first-order valence-corrected chi connectivity index (χ1v) is 6.90. The molecule has 1 aromatic heterocycles. The van der Waals surface area contributed by atoms with E-state index in [-0.39, 0.29) is 5.76 Å². The number of methoxy groups -OCH3 is 1. The smallest absolute Gasteiger partial charge is 0.420 e.